The second-order valence-electron chi connectivity index (χ2n) is 6.09. The van der Waals surface area contributed by atoms with Crippen LogP contribution in [0.15, 0.2) is 54.6 Å². The first-order chi connectivity index (χ1) is 11.7. The summed E-state index contributed by atoms with van der Waals surface area (Å²) in [6.07, 6.45) is 0. The van der Waals surface area contributed by atoms with E-state index in [-0.39, 0.29) is 5.91 Å². The first kappa shape index (κ1) is 16.8. The zero-order valence-corrected chi connectivity index (χ0v) is 14.4. The second kappa shape index (κ2) is 8.18. The van der Waals surface area contributed by atoms with Crippen LogP contribution in [0.1, 0.15) is 10.4 Å². The first-order valence-corrected chi connectivity index (χ1v) is 8.77. The van der Waals surface area contributed by atoms with Gasteiger partial charge in [0.15, 0.2) is 0 Å². The Morgan fingerprint density at radius 2 is 1.71 bits per heavy atom. The van der Waals surface area contributed by atoms with Crippen molar-refractivity contribution < 1.29 is 9.69 Å². The van der Waals surface area contributed by atoms with Gasteiger partial charge in [0.25, 0.3) is 5.91 Å². The SMILES string of the molecule is O=C(NCC[NH+]1CCN(c2ccccc2)CC1)c1ccc(Cl)cc1. The van der Waals surface area contributed by atoms with Crippen LogP contribution in [0.3, 0.4) is 0 Å². The summed E-state index contributed by atoms with van der Waals surface area (Å²) in [6, 6.07) is 17.5. The third-order valence-electron chi connectivity index (χ3n) is 4.46. The van der Waals surface area contributed by atoms with Crippen LogP contribution in [0, 0.1) is 0 Å². The van der Waals surface area contributed by atoms with E-state index < -0.39 is 0 Å². The molecule has 2 aromatic rings. The van der Waals surface area contributed by atoms with Crippen molar-refractivity contribution in [1.29, 1.82) is 0 Å². The zero-order chi connectivity index (χ0) is 16.8. The number of rotatable bonds is 5. The summed E-state index contributed by atoms with van der Waals surface area (Å²) in [5, 5.41) is 3.64. The largest absolute Gasteiger partial charge is 0.360 e. The Bertz CT molecular complexity index is 652. The minimum atomic E-state index is -0.0333. The molecule has 2 N–H and O–H groups in total. The van der Waals surface area contributed by atoms with Gasteiger partial charge in [-0.2, -0.15) is 0 Å². The molecule has 1 aliphatic heterocycles. The molecule has 0 spiro atoms. The lowest BCUT2D eigenvalue weighted by molar-refractivity contribution is -0.899. The number of benzene rings is 2. The molecule has 1 aliphatic rings. The first-order valence-electron chi connectivity index (χ1n) is 8.40. The molecule has 2 aromatic carbocycles. The number of piperazine rings is 1. The van der Waals surface area contributed by atoms with Crippen molar-refractivity contribution in [2.24, 2.45) is 0 Å². The quantitative estimate of drug-likeness (QED) is 0.862. The molecule has 0 aromatic heterocycles. The maximum Gasteiger partial charge on any atom is 0.251 e. The summed E-state index contributed by atoms with van der Waals surface area (Å²) in [4.78, 5) is 16.0. The van der Waals surface area contributed by atoms with Gasteiger partial charge in [-0.3, -0.25) is 4.79 Å². The summed E-state index contributed by atoms with van der Waals surface area (Å²) in [6.45, 7) is 5.98. The van der Waals surface area contributed by atoms with Crippen molar-refractivity contribution in [2.45, 2.75) is 0 Å². The Labute approximate surface area is 148 Å². The van der Waals surface area contributed by atoms with Crippen LogP contribution in [-0.2, 0) is 0 Å². The Hall–Kier alpha value is -2.04. The zero-order valence-electron chi connectivity index (χ0n) is 13.7. The number of anilines is 1. The predicted octanol–water partition coefficient (Wildman–Crippen LogP) is 1.47. The van der Waals surface area contributed by atoms with Crippen molar-refractivity contribution in [1.82, 2.24) is 5.32 Å². The maximum atomic E-state index is 12.1. The summed E-state index contributed by atoms with van der Waals surface area (Å²) >= 11 is 5.84. The van der Waals surface area contributed by atoms with E-state index in [1.54, 1.807) is 29.2 Å². The van der Waals surface area contributed by atoms with E-state index in [0.29, 0.717) is 17.1 Å². The Morgan fingerprint density at radius 1 is 1.04 bits per heavy atom. The van der Waals surface area contributed by atoms with Crippen molar-refractivity contribution in [3.63, 3.8) is 0 Å². The van der Waals surface area contributed by atoms with E-state index in [0.717, 1.165) is 32.7 Å². The topological polar surface area (TPSA) is 36.8 Å². The minimum Gasteiger partial charge on any atom is -0.360 e. The number of carbonyl (C=O) groups excluding carboxylic acids is 1. The number of hydrogen-bond donors (Lipinski definition) is 2. The van der Waals surface area contributed by atoms with Crippen LogP contribution in [0.2, 0.25) is 5.02 Å². The number of hydrogen-bond acceptors (Lipinski definition) is 2. The van der Waals surface area contributed by atoms with Crippen LogP contribution in [0.5, 0.6) is 0 Å². The third-order valence-corrected chi connectivity index (χ3v) is 4.71. The van der Waals surface area contributed by atoms with Crippen molar-refractivity contribution in [2.75, 3.05) is 44.2 Å². The fraction of sp³-hybridized carbons (Fsp3) is 0.316. The normalized spacial score (nSPS) is 15.3. The van der Waals surface area contributed by atoms with E-state index >= 15 is 0 Å². The van der Waals surface area contributed by atoms with Gasteiger partial charge in [-0.1, -0.05) is 29.8 Å². The minimum absolute atomic E-state index is 0.0333. The highest BCUT2D eigenvalue weighted by Gasteiger charge is 2.19. The van der Waals surface area contributed by atoms with E-state index in [2.05, 4.69) is 34.5 Å². The maximum absolute atomic E-state index is 12.1. The van der Waals surface area contributed by atoms with Crippen LogP contribution in [0.4, 0.5) is 5.69 Å². The van der Waals surface area contributed by atoms with Gasteiger partial charge < -0.3 is 15.1 Å². The molecule has 1 saturated heterocycles. The average molecular weight is 345 g/mol. The lowest BCUT2D eigenvalue weighted by atomic mass is 10.2. The number of para-hydroxylation sites is 1. The number of carbonyl (C=O) groups is 1. The van der Waals surface area contributed by atoms with E-state index in [1.165, 1.54) is 5.69 Å². The molecule has 0 unspecified atom stereocenters. The highest BCUT2D eigenvalue weighted by Crippen LogP contribution is 2.12. The van der Waals surface area contributed by atoms with Gasteiger partial charge in [-0.15, -0.1) is 0 Å². The Balaban J connectivity index is 1.39. The monoisotopic (exact) mass is 344 g/mol. The predicted molar refractivity (Wildman–Crippen MR) is 98.0 cm³/mol. The Morgan fingerprint density at radius 3 is 2.38 bits per heavy atom. The molecule has 0 radical (unpaired) electrons. The van der Waals surface area contributed by atoms with Crippen LogP contribution in [-0.4, -0.2) is 45.2 Å². The average Bonchev–Trinajstić information content (AvgIpc) is 2.63. The van der Waals surface area contributed by atoms with Gasteiger partial charge in [0.1, 0.15) is 0 Å². The van der Waals surface area contributed by atoms with Gasteiger partial charge >= 0.3 is 0 Å². The molecule has 1 fully saturated rings. The molecule has 1 amide bonds. The third kappa shape index (κ3) is 4.49. The molecule has 24 heavy (non-hydrogen) atoms. The lowest BCUT2D eigenvalue weighted by Gasteiger charge is -2.33. The van der Waals surface area contributed by atoms with Crippen LogP contribution in [0.25, 0.3) is 0 Å². The second-order valence-corrected chi connectivity index (χ2v) is 6.52. The Kier molecular flexibility index (Phi) is 5.72. The van der Waals surface area contributed by atoms with Gasteiger partial charge in [0, 0.05) is 16.3 Å². The number of quaternary nitrogens is 1. The number of halogens is 1. The standard InChI is InChI=1S/C19H22ClN3O/c20-17-8-6-16(7-9-17)19(24)21-10-11-22-12-14-23(15-13-22)18-4-2-1-3-5-18/h1-9H,10-15H2,(H,21,24)/p+1. The number of nitrogens with zero attached hydrogens (tertiary/aromatic N) is 1. The molecule has 0 saturated carbocycles. The highest BCUT2D eigenvalue weighted by molar-refractivity contribution is 6.30. The van der Waals surface area contributed by atoms with E-state index in [9.17, 15) is 4.79 Å². The molecule has 3 rings (SSSR count). The fourth-order valence-electron chi connectivity index (χ4n) is 3.03. The van der Waals surface area contributed by atoms with Crippen molar-refractivity contribution in [3.8, 4) is 0 Å². The number of amides is 1. The molecule has 0 atom stereocenters. The van der Waals surface area contributed by atoms with Gasteiger partial charge in [0.05, 0.1) is 39.3 Å². The van der Waals surface area contributed by atoms with Crippen molar-refractivity contribution >= 4 is 23.2 Å². The van der Waals surface area contributed by atoms with E-state index in [4.69, 9.17) is 11.6 Å². The number of nitrogens with one attached hydrogen (secondary N) is 2. The van der Waals surface area contributed by atoms with Crippen LogP contribution >= 0.6 is 11.6 Å². The van der Waals surface area contributed by atoms with Gasteiger partial charge in [-0.05, 0) is 36.4 Å². The molecule has 5 heteroatoms. The van der Waals surface area contributed by atoms with Gasteiger partial charge in [0.2, 0.25) is 0 Å². The lowest BCUT2D eigenvalue weighted by Crippen LogP contribution is -3.15. The van der Waals surface area contributed by atoms with Gasteiger partial charge in [-0.25, -0.2) is 0 Å². The smallest absolute Gasteiger partial charge is 0.251 e. The highest BCUT2D eigenvalue weighted by atomic mass is 35.5. The molecule has 126 valence electrons. The summed E-state index contributed by atoms with van der Waals surface area (Å²) in [5.41, 5.74) is 1.95. The molecular formula is C19H23ClN3O+. The molecule has 4 nitrogen and oxygen atoms in total. The molecule has 1 heterocycles. The summed E-state index contributed by atoms with van der Waals surface area (Å²) in [5.74, 6) is -0.0333. The molecular weight excluding hydrogens is 322 g/mol. The van der Waals surface area contributed by atoms with E-state index in [1.807, 2.05) is 6.07 Å². The fourth-order valence-corrected chi connectivity index (χ4v) is 3.15. The molecule has 0 bridgehead atoms. The van der Waals surface area contributed by atoms with Crippen molar-refractivity contribution in [3.05, 3.63) is 65.2 Å². The van der Waals surface area contributed by atoms with Crippen LogP contribution < -0.4 is 15.1 Å². The summed E-state index contributed by atoms with van der Waals surface area (Å²) < 4.78 is 0. The summed E-state index contributed by atoms with van der Waals surface area (Å²) in [7, 11) is 0. The molecule has 0 aliphatic carbocycles.